The Labute approximate surface area is 166 Å². The average Bonchev–Trinajstić information content (AvgIpc) is 2.81. The van der Waals surface area contributed by atoms with Gasteiger partial charge in [-0.1, -0.05) is 44.2 Å². The Bertz CT molecular complexity index is 677. The molecule has 1 aromatic carbocycles. The number of hydrogen-bond acceptors (Lipinski definition) is 6. The second kappa shape index (κ2) is 9.05. The third-order valence-corrected chi connectivity index (χ3v) is 5.88. The van der Waals surface area contributed by atoms with Gasteiger partial charge in [-0.15, -0.1) is 0 Å². The van der Waals surface area contributed by atoms with Crippen LogP contribution in [0.3, 0.4) is 0 Å². The highest BCUT2D eigenvalue weighted by molar-refractivity contribution is 5.78. The molecule has 0 aromatic heterocycles. The number of carbonyl (C=O) groups is 2. The first-order chi connectivity index (χ1) is 13.4. The predicted octanol–water partition coefficient (Wildman–Crippen LogP) is 2.50. The fraction of sp³-hybridized carbons (Fsp3) is 0.636. The number of esters is 2. The molecule has 5 atom stereocenters. The summed E-state index contributed by atoms with van der Waals surface area (Å²) >= 11 is 0. The number of ether oxygens (including phenoxy) is 2. The van der Waals surface area contributed by atoms with Gasteiger partial charge in [0.05, 0.1) is 12.6 Å². The Morgan fingerprint density at radius 3 is 2.50 bits per heavy atom. The quantitative estimate of drug-likeness (QED) is 0.722. The van der Waals surface area contributed by atoms with Crippen molar-refractivity contribution in [2.75, 3.05) is 13.7 Å². The van der Waals surface area contributed by atoms with E-state index < -0.39 is 11.9 Å². The maximum absolute atomic E-state index is 12.7. The van der Waals surface area contributed by atoms with E-state index in [4.69, 9.17) is 9.47 Å². The smallest absolute Gasteiger partial charge is 0.316 e. The summed E-state index contributed by atoms with van der Waals surface area (Å²) in [5, 5.41) is 9.68. The molecule has 2 aliphatic heterocycles. The maximum Gasteiger partial charge on any atom is 0.316 e. The van der Waals surface area contributed by atoms with Crippen molar-refractivity contribution in [1.29, 1.82) is 0 Å². The number of aliphatic hydroxyl groups is 1. The van der Waals surface area contributed by atoms with Crippen molar-refractivity contribution >= 4 is 11.9 Å². The number of piperidine rings is 1. The van der Waals surface area contributed by atoms with Crippen molar-refractivity contribution in [2.45, 2.75) is 69.7 Å². The summed E-state index contributed by atoms with van der Waals surface area (Å²) in [5.74, 6) is -0.943. The summed E-state index contributed by atoms with van der Waals surface area (Å²) in [6, 6.07) is 9.51. The lowest BCUT2D eigenvalue weighted by Gasteiger charge is -2.36. The molecule has 6 heteroatoms. The van der Waals surface area contributed by atoms with Crippen molar-refractivity contribution in [1.82, 2.24) is 4.90 Å². The molecule has 0 amide bonds. The summed E-state index contributed by atoms with van der Waals surface area (Å²) in [5.41, 5.74) is 0.756. The number of rotatable bonds is 7. The van der Waals surface area contributed by atoms with E-state index in [1.165, 1.54) is 0 Å². The standard InChI is InChI=1S/C22H31NO5/c1-14(2)9-21(25)28-20-11-16-10-17(12-19(20)23(16)3)27-22(26)18(13-24)15-7-5-4-6-8-15/h4-8,14,16-20,24H,9-13H2,1-3H3/t16?,17-,18?,19?,20-/m0/s1. The molecule has 3 rings (SSSR count). The van der Waals surface area contributed by atoms with Crippen LogP contribution < -0.4 is 0 Å². The minimum atomic E-state index is -0.668. The van der Waals surface area contributed by atoms with Crippen LogP contribution in [0.5, 0.6) is 0 Å². The van der Waals surface area contributed by atoms with Gasteiger partial charge >= 0.3 is 11.9 Å². The molecule has 2 bridgehead atoms. The van der Waals surface area contributed by atoms with E-state index in [2.05, 4.69) is 4.90 Å². The molecule has 28 heavy (non-hydrogen) atoms. The van der Waals surface area contributed by atoms with E-state index in [0.717, 1.165) is 18.4 Å². The fourth-order valence-corrected chi connectivity index (χ4v) is 4.40. The largest absolute Gasteiger partial charge is 0.462 e. The third kappa shape index (κ3) is 4.73. The Morgan fingerprint density at radius 1 is 1.14 bits per heavy atom. The Hall–Kier alpha value is -1.92. The highest BCUT2D eigenvalue weighted by Gasteiger charge is 2.48. The third-order valence-electron chi connectivity index (χ3n) is 5.88. The zero-order chi connectivity index (χ0) is 20.3. The number of nitrogens with zero attached hydrogens (tertiary/aromatic N) is 1. The van der Waals surface area contributed by atoms with Gasteiger partial charge in [-0.05, 0) is 18.5 Å². The second-order valence-electron chi connectivity index (χ2n) is 8.42. The molecule has 1 N–H and O–H groups in total. The molecule has 6 nitrogen and oxygen atoms in total. The van der Waals surface area contributed by atoms with E-state index in [9.17, 15) is 14.7 Å². The van der Waals surface area contributed by atoms with Crippen LogP contribution >= 0.6 is 0 Å². The Morgan fingerprint density at radius 2 is 1.86 bits per heavy atom. The molecule has 2 heterocycles. The van der Waals surface area contributed by atoms with E-state index in [-0.39, 0.29) is 42.8 Å². The molecule has 0 saturated carbocycles. The Kier molecular flexibility index (Phi) is 6.73. The first-order valence-corrected chi connectivity index (χ1v) is 10.2. The van der Waals surface area contributed by atoms with E-state index in [1.807, 2.05) is 51.2 Å². The molecule has 0 aliphatic carbocycles. The van der Waals surface area contributed by atoms with Crippen LogP contribution in [0, 0.1) is 5.92 Å². The summed E-state index contributed by atoms with van der Waals surface area (Å²) in [7, 11) is 2.05. The average molecular weight is 389 g/mol. The Balaban J connectivity index is 1.60. The summed E-state index contributed by atoms with van der Waals surface area (Å²) in [6.07, 6.45) is 2.21. The normalized spacial score (nSPS) is 28.2. The van der Waals surface area contributed by atoms with Crippen molar-refractivity contribution in [3.05, 3.63) is 35.9 Å². The van der Waals surface area contributed by atoms with Gasteiger partial charge in [0, 0.05) is 31.7 Å². The summed E-state index contributed by atoms with van der Waals surface area (Å²) in [4.78, 5) is 27.0. The number of likely N-dealkylation sites (N-methyl/N-ethyl adjacent to an activating group) is 1. The topological polar surface area (TPSA) is 76.1 Å². The van der Waals surface area contributed by atoms with Gasteiger partial charge in [0.2, 0.25) is 0 Å². The molecule has 3 unspecified atom stereocenters. The lowest BCUT2D eigenvalue weighted by Crippen LogP contribution is -2.46. The molecule has 1 aromatic rings. The number of benzene rings is 1. The zero-order valence-corrected chi connectivity index (χ0v) is 16.9. The number of aliphatic hydroxyl groups excluding tert-OH is 1. The van der Waals surface area contributed by atoms with Gasteiger partial charge in [-0.25, -0.2) is 0 Å². The van der Waals surface area contributed by atoms with Crippen molar-refractivity contribution in [2.24, 2.45) is 5.92 Å². The lowest BCUT2D eigenvalue weighted by molar-refractivity contribution is -0.158. The molecular weight excluding hydrogens is 358 g/mol. The highest BCUT2D eigenvalue weighted by Crippen LogP contribution is 2.38. The number of fused-ring (bicyclic) bond motifs is 2. The summed E-state index contributed by atoms with van der Waals surface area (Å²) < 4.78 is 11.5. The van der Waals surface area contributed by atoms with Crippen LogP contribution in [-0.4, -0.2) is 59.9 Å². The second-order valence-corrected chi connectivity index (χ2v) is 8.42. The lowest BCUT2D eigenvalue weighted by atomic mass is 9.98. The van der Waals surface area contributed by atoms with Crippen molar-refractivity contribution in [3.63, 3.8) is 0 Å². The van der Waals surface area contributed by atoms with Gasteiger partial charge in [0.1, 0.15) is 18.1 Å². The molecule has 2 aliphatic rings. The molecule has 0 spiro atoms. The number of hydrogen-bond donors (Lipinski definition) is 1. The molecular formula is C22H31NO5. The van der Waals surface area contributed by atoms with E-state index in [1.54, 1.807) is 0 Å². The van der Waals surface area contributed by atoms with Crippen molar-refractivity contribution < 1.29 is 24.2 Å². The SMILES string of the molecule is CC(C)CC(=O)O[C@H]1CC2C[C@H](OC(=O)C(CO)c3ccccc3)CC1N2C. The minimum absolute atomic E-state index is 0.0666. The van der Waals surface area contributed by atoms with E-state index >= 15 is 0 Å². The predicted molar refractivity (Wildman–Crippen MR) is 105 cm³/mol. The minimum Gasteiger partial charge on any atom is -0.462 e. The zero-order valence-electron chi connectivity index (χ0n) is 16.9. The van der Waals surface area contributed by atoms with Crippen molar-refractivity contribution in [3.8, 4) is 0 Å². The number of carbonyl (C=O) groups excluding carboxylic acids is 2. The van der Waals surface area contributed by atoms with Crippen LogP contribution in [0.4, 0.5) is 0 Å². The van der Waals surface area contributed by atoms with Crippen LogP contribution in [-0.2, 0) is 19.1 Å². The summed E-state index contributed by atoms with van der Waals surface area (Å²) in [6.45, 7) is 3.72. The highest BCUT2D eigenvalue weighted by atomic mass is 16.6. The van der Waals surface area contributed by atoms with Crippen LogP contribution in [0.25, 0.3) is 0 Å². The molecule has 2 fully saturated rings. The fourth-order valence-electron chi connectivity index (χ4n) is 4.40. The first kappa shape index (κ1) is 20.8. The molecule has 2 saturated heterocycles. The maximum atomic E-state index is 12.7. The van der Waals surface area contributed by atoms with Crippen LogP contribution in [0.1, 0.15) is 51.0 Å². The van der Waals surface area contributed by atoms with Gasteiger partial charge in [-0.3, -0.25) is 14.5 Å². The van der Waals surface area contributed by atoms with Crippen LogP contribution in [0.15, 0.2) is 30.3 Å². The monoisotopic (exact) mass is 389 g/mol. The van der Waals surface area contributed by atoms with Crippen LogP contribution in [0.2, 0.25) is 0 Å². The first-order valence-electron chi connectivity index (χ1n) is 10.2. The van der Waals surface area contributed by atoms with Gasteiger partial charge in [0.15, 0.2) is 0 Å². The van der Waals surface area contributed by atoms with E-state index in [0.29, 0.717) is 12.8 Å². The van der Waals surface area contributed by atoms with Gasteiger partial charge < -0.3 is 14.6 Å². The van der Waals surface area contributed by atoms with Gasteiger partial charge in [0.25, 0.3) is 0 Å². The van der Waals surface area contributed by atoms with Gasteiger partial charge in [-0.2, -0.15) is 0 Å². The molecule has 154 valence electrons. The molecule has 0 radical (unpaired) electrons.